The van der Waals surface area contributed by atoms with E-state index in [1.54, 1.807) is 14.0 Å². The van der Waals surface area contributed by atoms with Crippen molar-refractivity contribution in [2.24, 2.45) is 5.92 Å². The second-order valence-corrected chi connectivity index (χ2v) is 8.41. The number of carbonyl (C=O) groups is 2. The third-order valence-electron chi connectivity index (χ3n) is 5.40. The smallest absolute Gasteiger partial charge is 0.341 e. The zero-order chi connectivity index (χ0) is 20.8. The van der Waals surface area contributed by atoms with Gasteiger partial charge < -0.3 is 15.8 Å². The van der Waals surface area contributed by atoms with Crippen LogP contribution in [0.5, 0.6) is 0 Å². The number of benzene rings is 1. The van der Waals surface area contributed by atoms with E-state index in [4.69, 9.17) is 10.5 Å². The second-order valence-electron chi connectivity index (χ2n) is 7.36. The zero-order valence-electron chi connectivity index (χ0n) is 17.1. The molecule has 0 unspecified atom stereocenters. The molecule has 0 radical (unpaired) electrons. The highest BCUT2D eigenvalue weighted by molar-refractivity contribution is 7.18. The van der Waals surface area contributed by atoms with E-state index in [0.29, 0.717) is 33.5 Å². The van der Waals surface area contributed by atoms with Crippen LogP contribution in [-0.4, -0.2) is 43.5 Å². The number of likely N-dealkylation sites (tertiary alicyclic amines) is 1. The number of nitrogens with zero attached hydrogens (tertiary/aromatic N) is 1. The van der Waals surface area contributed by atoms with Crippen LogP contribution in [0.15, 0.2) is 30.3 Å². The van der Waals surface area contributed by atoms with Gasteiger partial charge in [0, 0.05) is 19.2 Å². The Morgan fingerprint density at radius 3 is 2.55 bits per heavy atom. The Bertz CT molecular complexity index is 842. The molecule has 0 bridgehead atoms. The molecule has 0 aliphatic carbocycles. The number of ether oxygens (including phenoxy) is 1. The van der Waals surface area contributed by atoms with Gasteiger partial charge in [-0.15, -0.1) is 11.3 Å². The molecule has 0 atom stereocenters. The summed E-state index contributed by atoms with van der Waals surface area (Å²) in [6.45, 7) is 4.43. The lowest BCUT2D eigenvalue weighted by Crippen LogP contribution is -2.35. The van der Waals surface area contributed by atoms with Gasteiger partial charge in [-0.05, 0) is 50.8 Å². The predicted molar refractivity (Wildman–Crippen MR) is 116 cm³/mol. The molecule has 6 nitrogen and oxygen atoms in total. The minimum atomic E-state index is -0.453. The number of nitrogens with two attached hydrogens (primary N) is 1. The van der Waals surface area contributed by atoms with Gasteiger partial charge in [0.15, 0.2) is 0 Å². The van der Waals surface area contributed by atoms with Gasteiger partial charge in [-0.3, -0.25) is 9.69 Å². The normalized spacial score (nSPS) is 15.2. The van der Waals surface area contributed by atoms with E-state index in [2.05, 4.69) is 34.5 Å². The number of piperidine rings is 1. The number of nitrogens with one attached hydrogen (secondary N) is 1. The van der Waals surface area contributed by atoms with E-state index >= 15 is 0 Å². The molecule has 1 fully saturated rings. The Morgan fingerprint density at radius 2 is 1.93 bits per heavy atom. The molecule has 156 valence electrons. The summed E-state index contributed by atoms with van der Waals surface area (Å²) >= 11 is 1.16. The molecule has 1 saturated heterocycles. The van der Waals surface area contributed by atoms with Crippen molar-refractivity contribution in [3.05, 3.63) is 51.9 Å². The molecular formula is C22H29N3O3S. The van der Waals surface area contributed by atoms with Crippen molar-refractivity contribution in [1.82, 2.24) is 10.2 Å². The Hall–Kier alpha value is -2.38. The lowest BCUT2D eigenvalue weighted by molar-refractivity contribution is 0.0525. The predicted octanol–water partition coefficient (Wildman–Crippen LogP) is 3.32. The Morgan fingerprint density at radius 1 is 1.24 bits per heavy atom. The maximum absolute atomic E-state index is 12.5. The molecule has 3 rings (SSSR count). The summed E-state index contributed by atoms with van der Waals surface area (Å²) in [5, 5.41) is 2.99. The molecule has 1 aromatic heterocycles. The van der Waals surface area contributed by atoms with Crippen molar-refractivity contribution in [3.63, 3.8) is 0 Å². The quantitative estimate of drug-likeness (QED) is 0.678. The van der Waals surface area contributed by atoms with E-state index in [1.165, 1.54) is 5.56 Å². The summed E-state index contributed by atoms with van der Waals surface area (Å²) < 4.78 is 5.19. The third kappa shape index (κ3) is 5.16. The first-order chi connectivity index (χ1) is 14.0. The molecule has 1 aromatic carbocycles. The van der Waals surface area contributed by atoms with Crippen LogP contribution in [0.3, 0.4) is 0 Å². The third-order valence-corrected chi connectivity index (χ3v) is 6.46. The summed E-state index contributed by atoms with van der Waals surface area (Å²) in [5.74, 6) is -0.0132. The number of anilines is 1. The topological polar surface area (TPSA) is 84.7 Å². The van der Waals surface area contributed by atoms with Gasteiger partial charge >= 0.3 is 5.97 Å². The lowest BCUT2D eigenvalue weighted by Gasteiger charge is -2.32. The van der Waals surface area contributed by atoms with Crippen LogP contribution in [0.4, 0.5) is 5.00 Å². The minimum Gasteiger partial charge on any atom is -0.462 e. The van der Waals surface area contributed by atoms with E-state index in [-0.39, 0.29) is 12.5 Å². The van der Waals surface area contributed by atoms with E-state index in [9.17, 15) is 9.59 Å². The molecule has 29 heavy (non-hydrogen) atoms. The average Bonchev–Trinajstić information content (AvgIpc) is 3.05. The summed E-state index contributed by atoms with van der Waals surface area (Å²) in [6, 6.07) is 10.6. The van der Waals surface area contributed by atoms with Crippen LogP contribution in [0, 0.1) is 5.92 Å². The molecule has 7 heteroatoms. The average molecular weight is 416 g/mol. The number of thiophene rings is 1. The molecule has 2 aromatic rings. The van der Waals surface area contributed by atoms with Gasteiger partial charge in [0.05, 0.1) is 17.0 Å². The fraction of sp³-hybridized carbons (Fsp3) is 0.455. The fourth-order valence-corrected chi connectivity index (χ4v) is 4.89. The zero-order valence-corrected chi connectivity index (χ0v) is 17.9. The van der Waals surface area contributed by atoms with Crippen LogP contribution in [-0.2, 0) is 17.7 Å². The Balaban J connectivity index is 1.71. The standard InChI is InChI=1S/C22H29N3O3S/c1-3-28-22(27)18-17(19(21(26)24-2)29-20(18)23)14-25-11-9-16(10-12-25)13-15-7-5-4-6-8-15/h4-8,16H,3,9-14,23H2,1-2H3,(H,24,26). The van der Waals surface area contributed by atoms with Crippen molar-refractivity contribution in [1.29, 1.82) is 0 Å². The van der Waals surface area contributed by atoms with Gasteiger partial charge in [-0.1, -0.05) is 30.3 Å². The van der Waals surface area contributed by atoms with Crippen LogP contribution in [0.25, 0.3) is 0 Å². The molecule has 1 aliphatic heterocycles. The summed E-state index contributed by atoms with van der Waals surface area (Å²) in [7, 11) is 1.58. The first-order valence-corrected chi connectivity index (χ1v) is 10.9. The number of nitrogen functional groups attached to an aromatic ring is 1. The van der Waals surface area contributed by atoms with Gasteiger partial charge in [0.2, 0.25) is 0 Å². The van der Waals surface area contributed by atoms with Gasteiger partial charge in [0.25, 0.3) is 5.91 Å². The molecule has 3 N–H and O–H groups in total. The number of esters is 1. The van der Waals surface area contributed by atoms with Gasteiger partial charge in [-0.25, -0.2) is 4.79 Å². The highest BCUT2D eigenvalue weighted by Gasteiger charge is 2.29. The highest BCUT2D eigenvalue weighted by atomic mass is 32.1. The molecule has 0 saturated carbocycles. The van der Waals surface area contributed by atoms with Crippen LogP contribution in [0.1, 0.15) is 50.9 Å². The number of hydrogen-bond acceptors (Lipinski definition) is 6. The lowest BCUT2D eigenvalue weighted by atomic mass is 9.90. The van der Waals surface area contributed by atoms with Crippen molar-refractivity contribution in [2.75, 3.05) is 32.5 Å². The largest absolute Gasteiger partial charge is 0.462 e. The van der Waals surface area contributed by atoms with Crippen LogP contribution >= 0.6 is 11.3 Å². The maximum Gasteiger partial charge on any atom is 0.341 e. The van der Waals surface area contributed by atoms with Crippen molar-refractivity contribution in [3.8, 4) is 0 Å². The summed E-state index contributed by atoms with van der Waals surface area (Å²) in [6.07, 6.45) is 3.29. The van der Waals surface area contributed by atoms with E-state index in [1.807, 2.05) is 6.07 Å². The summed E-state index contributed by atoms with van der Waals surface area (Å²) in [4.78, 5) is 27.6. The highest BCUT2D eigenvalue weighted by Crippen LogP contribution is 2.34. The molecule has 2 heterocycles. The van der Waals surface area contributed by atoms with Gasteiger partial charge in [-0.2, -0.15) is 0 Å². The molecule has 0 spiro atoms. The van der Waals surface area contributed by atoms with E-state index < -0.39 is 5.97 Å². The second kappa shape index (κ2) is 9.89. The monoisotopic (exact) mass is 415 g/mol. The number of rotatable bonds is 7. The molecule has 1 amide bonds. The molecule has 1 aliphatic rings. The van der Waals surface area contributed by atoms with Crippen molar-refractivity contribution < 1.29 is 14.3 Å². The first-order valence-electron chi connectivity index (χ1n) is 10.1. The number of amides is 1. The summed E-state index contributed by atoms with van der Waals surface area (Å²) in [5.41, 5.74) is 8.51. The Labute approximate surface area is 176 Å². The van der Waals surface area contributed by atoms with Crippen molar-refractivity contribution >= 4 is 28.2 Å². The number of carbonyl (C=O) groups excluding carboxylic acids is 2. The fourth-order valence-electron chi connectivity index (χ4n) is 3.88. The Kier molecular flexibility index (Phi) is 7.28. The minimum absolute atomic E-state index is 0.216. The maximum atomic E-state index is 12.5. The van der Waals surface area contributed by atoms with Crippen LogP contribution < -0.4 is 11.1 Å². The van der Waals surface area contributed by atoms with Gasteiger partial charge in [0.1, 0.15) is 5.00 Å². The number of hydrogen-bond donors (Lipinski definition) is 2. The first kappa shape index (κ1) is 21.3. The molecular weight excluding hydrogens is 386 g/mol. The SMILES string of the molecule is CCOC(=O)c1c(N)sc(C(=O)NC)c1CN1CCC(Cc2ccccc2)CC1. The van der Waals surface area contributed by atoms with E-state index in [0.717, 1.165) is 43.7 Å². The van der Waals surface area contributed by atoms with Crippen LogP contribution in [0.2, 0.25) is 0 Å². The van der Waals surface area contributed by atoms with Crippen molar-refractivity contribution in [2.45, 2.75) is 32.7 Å².